The van der Waals surface area contributed by atoms with Gasteiger partial charge in [-0.05, 0) is 25.8 Å². The molecule has 1 atom stereocenters. The van der Waals surface area contributed by atoms with Crippen LogP contribution in [-0.4, -0.2) is 16.8 Å². The standard InChI is InChI=1S/C18H24N2O2S/c1-4-8-17(15-9-6-5-7-10-15)19-18(21)12-23-11-16-13(2)20-22-14(16)3/h5-7,9-10,17H,4,8,11-12H2,1-3H3,(H,19,21). The first kappa shape index (κ1) is 17.6. The van der Waals surface area contributed by atoms with E-state index in [0.29, 0.717) is 5.75 Å². The number of aromatic nitrogens is 1. The van der Waals surface area contributed by atoms with Crippen LogP contribution in [0.5, 0.6) is 0 Å². The van der Waals surface area contributed by atoms with Gasteiger partial charge in [-0.15, -0.1) is 11.8 Å². The monoisotopic (exact) mass is 332 g/mol. The minimum Gasteiger partial charge on any atom is -0.361 e. The van der Waals surface area contributed by atoms with E-state index in [-0.39, 0.29) is 11.9 Å². The molecule has 0 aliphatic heterocycles. The van der Waals surface area contributed by atoms with Crippen LogP contribution in [0.2, 0.25) is 0 Å². The number of aryl methyl sites for hydroxylation is 2. The summed E-state index contributed by atoms with van der Waals surface area (Å²) in [6.45, 7) is 5.97. The maximum Gasteiger partial charge on any atom is 0.230 e. The maximum absolute atomic E-state index is 12.2. The predicted molar refractivity (Wildman–Crippen MR) is 94.4 cm³/mol. The quantitative estimate of drug-likeness (QED) is 0.788. The van der Waals surface area contributed by atoms with Gasteiger partial charge in [0.15, 0.2) is 0 Å². The number of amides is 1. The third kappa shape index (κ3) is 5.13. The molecule has 0 saturated carbocycles. The van der Waals surface area contributed by atoms with Gasteiger partial charge in [0, 0.05) is 11.3 Å². The number of rotatable bonds is 8. The molecule has 1 unspecified atom stereocenters. The lowest BCUT2D eigenvalue weighted by atomic mass is 10.0. The van der Waals surface area contributed by atoms with Crippen molar-refractivity contribution in [2.24, 2.45) is 0 Å². The van der Waals surface area contributed by atoms with Crippen LogP contribution < -0.4 is 5.32 Å². The molecule has 1 aromatic carbocycles. The summed E-state index contributed by atoms with van der Waals surface area (Å²) >= 11 is 1.59. The van der Waals surface area contributed by atoms with Gasteiger partial charge in [0.05, 0.1) is 17.5 Å². The van der Waals surface area contributed by atoms with E-state index in [0.717, 1.165) is 35.6 Å². The van der Waals surface area contributed by atoms with Crippen LogP contribution in [0.3, 0.4) is 0 Å². The van der Waals surface area contributed by atoms with Gasteiger partial charge in [0.1, 0.15) is 5.76 Å². The largest absolute Gasteiger partial charge is 0.361 e. The Kier molecular flexibility index (Phi) is 6.71. The van der Waals surface area contributed by atoms with Gasteiger partial charge in [-0.2, -0.15) is 0 Å². The van der Waals surface area contributed by atoms with Crippen molar-refractivity contribution >= 4 is 17.7 Å². The van der Waals surface area contributed by atoms with E-state index in [4.69, 9.17) is 4.52 Å². The number of hydrogen-bond acceptors (Lipinski definition) is 4. The van der Waals surface area contributed by atoms with Gasteiger partial charge < -0.3 is 9.84 Å². The number of thioether (sulfide) groups is 1. The number of nitrogens with one attached hydrogen (secondary N) is 1. The molecule has 2 rings (SSSR count). The molecule has 4 nitrogen and oxygen atoms in total. The molecule has 0 spiro atoms. The topological polar surface area (TPSA) is 55.1 Å². The molecule has 0 aliphatic rings. The molecule has 1 N–H and O–H groups in total. The second-order valence-corrected chi connectivity index (χ2v) is 6.60. The second kappa shape index (κ2) is 8.77. The Labute approximate surface area is 142 Å². The molecular weight excluding hydrogens is 308 g/mol. The molecule has 23 heavy (non-hydrogen) atoms. The summed E-state index contributed by atoms with van der Waals surface area (Å²) in [7, 11) is 0. The Hall–Kier alpha value is -1.75. The summed E-state index contributed by atoms with van der Waals surface area (Å²) in [4.78, 5) is 12.2. The van der Waals surface area contributed by atoms with Crippen molar-refractivity contribution in [1.29, 1.82) is 0 Å². The Morgan fingerprint density at radius 2 is 2.04 bits per heavy atom. The first-order chi connectivity index (χ1) is 11.1. The average Bonchev–Trinajstić information content (AvgIpc) is 2.87. The van der Waals surface area contributed by atoms with Gasteiger partial charge >= 0.3 is 0 Å². The lowest BCUT2D eigenvalue weighted by Crippen LogP contribution is -2.30. The zero-order valence-corrected chi connectivity index (χ0v) is 14.8. The van der Waals surface area contributed by atoms with Crippen molar-refractivity contribution in [3.63, 3.8) is 0 Å². The SMILES string of the molecule is CCCC(NC(=O)CSCc1c(C)noc1C)c1ccccc1. The number of hydrogen-bond donors (Lipinski definition) is 1. The summed E-state index contributed by atoms with van der Waals surface area (Å²) in [5.41, 5.74) is 3.16. The van der Waals surface area contributed by atoms with Crippen molar-refractivity contribution in [2.45, 2.75) is 45.4 Å². The Bertz CT molecular complexity index is 606. The van der Waals surface area contributed by atoms with E-state index in [1.807, 2.05) is 32.0 Å². The minimum atomic E-state index is 0.0732. The maximum atomic E-state index is 12.2. The summed E-state index contributed by atoms with van der Waals surface area (Å²) in [6.07, 6.45) is 1.98. The van der Waals surface area contributed by atoms with Gasteiger partial charge in [0.2, 0.25) is 5.91 Å². The van der Waals surface area contributed by atoms with E-state index in [9.17, 15) is 4.79 Å². The van der Waals surface area contributed by atoms with E-state index >= 15 is 0 Å². The van der Waals surface area contributed by atoms with Crippen LogP contribution in [0.4, 0.5) is 0 Å². The van der Waals surface area contributed by atoms with E-state index in [1.165, 1.54) is 5.56 Å². The van der Waals surface area contributed by atoms with Crippen molar-refractivity contribution in [3.8, 4) is 0 Å². The minimum absolute atomic E-state index is 0.0732. The summed E-state index contributed by atoms with van der Waals surface area (Å²) in [6, 6.07) is 10.2. The predicted octanol–water partition coefficient (Wildman–Crippen LogP) is 4.18. The highest BCUT2D eigenvalue weighted by molar-refractivity contribution is 7.99. The molecule has 0 saturated heterocycles. The molecule has 0 bridgehead atoms. The van der Waals surface area contributed by atoms with Crippen molar-refractivity contribution in [1.82, 2.24) is 10.5 Å². The fourth-order valence-corrected chi connectivity index (χ4v) is 3.47. The van der Waals surface area contributed by atoms with Gasteiger partial charge in [-0.3, -0.25) is 4.79 Å². The van der Waals surface area contributed by atoms with Crippen LogP contribution in [0.25, 0.3) is 0 Å². The molecule has 124 valence electrons. The zero-order valence-electron chi connectivity index (χ0n) is 14.0. The Balaban J connectivity index is 1.85. The van der Waals surface area contributed by atoms with E-state index in [2.05, 4.69) is 29.5 Å². The highest BCUT2D eigenvalue weighted by atomic mass is 32.2. The number of carbonyl (C=O) groups is 1. The number of nitrogens with zero attached hydrogens (tertiary/aromatic N) is 1. The molecule has 1 aromatic heterocycles. The molecule has 5 heteroatoms. The Morgan fingerprint density at radius 1 is 1.30 bits per heavy atom. The molecular formula is C18H24N2O2S. The van der Waals surface area contributed by atoms with Crippen LogP contribution in [0.1, 0.15) is 48.4 Å². The zero-order chi connectivity index (χ0) is 16.7. The first-order valence-corrected chi connectivity index (χ1v) is 9.11. The molecule has 2 aromatic rings. The number of carbonyl (C=O) groups excluding carboxylic acids is 1. The van der Waals surface area contributed by atoms with Crippen LogP contribution in [-0.2, 0) is 10.5 Å². The molecule has 0 fully saturated rings. The molecule has 0 aliphatic carbocycles. The van der Waals surface area contributed by atoms with E-state index in [1.54, 1.807) is 11.8 Å². The fraction of sp³-hybridized carbons (Fsp3) is 0.444. The summed E-state index contributed by atoms with van der Waals surface area (Å²) < 4.78 is 5.14. The third-order valence-electron chi connectivity index (χ3n) is 3.78. The first-order valence-electron chi connectivity index (χ1n) is 7.95. The smallest absolute Gasteiger partial charge is 0.230 e. The molecule has 1 heterocycles. The lowest BCUT2D eigenvalue weighted by Gasteiger charge is -2.18. The van der Waals surface area contributed by atoms with Gasteiger partial charge in [-0.1, -0.05) is 48.8 Å². The van der Waals surface area contributed by atoms with Crippen molar-refractivity contribution in [3.05, 3.63) is 52.9 Å². The van der Waals surface area contributed by atoms with Gasteiger partial charge in [-0.25, -0.2) is 0 Å². The van der Waals surface area contributed by atoms with Crippen LogP contribution in [0, 0.1) is 13.8 Å². The average molecular weight is 332 g/mol. The van der Waals surface area contributed by atoms with Crippen molar-refractivity contribution < 1.29 is 9.32 Å². The van der Waals surface area contributed by atoms with E-state index < -0.39 is 0 Å². The Morgan fingerprint density at radius 3 is 2.65 bits per heavy atom. The second-order valence-electron chi connectivity index (χ2n) is 5.61. The third-order valence-corrected chi connectivity index (χ3v) is 4.73. The highest BCUT2D eigenvalue weighted by Crippen LogP contribution is 2.21. The highest BCUT2D eigenvalue weighted by Gasteiger charge is 2.14. The lowest BCUT2D eigenvalue weighted by molar-refractivity contribution is -0.119. The summed E-state index contributed by atoms with van der Waals surface area (Å²) in [5.74, 6) is 2.10. The fourth-order valence-electron chi connectivity index (χ4n) is 2.49. The van der Waals surface area contributed by atoms with Crippen LogP contribution >= 0.6 is 11.8 Å². The molecule has 1 amide bonds. The van der Waals surface area contributed by atoms with Gasteiger partial charge in [0.25, 0.3) is 0 Å². The van der Waals surface area contributed by atoms with Crippen molar-refractivity contribution in [2.75, 3.05) is 5.75 Å². The normalized spacial score (nSPS) is 12.1. The molecule has 0 radical (unpaired) electrons. The summed E-state index contributed by atoms with van der Waals surface area (Å²) in [5, 5.41) is 7.08. The number of benzene rings is 1. The van der Waals surface area contributed by atoms with Crippen LogP contribution in [0.15, 0.2) is 34.9 Å².